The Kier molecular flexibility index (Phi) is 5.98. The molecule has 0 radical (unpaired) electrons. The van der Waals surface area contributed by atoms with Crippen LogP contribution in [0.2, 0.25) is 0 Å². The van der Waals surface area contributed by atoms with Crippen molar-refractivity contribution in [3.05, 3.63) is 58.1 Å². The van der Waals surface area contributed by atoms with Crippen LogP contribution in [0.5, 0.6) is 11.5 Å². The zero-order valence-electron chi connectivity index (χ0n) is 13.3. The highest BCUT2D eigenvalue weighted by atomic mass is 79.9. The maximum Gasteiger partial charge on any atom is 0.352 e. The van der Waals surface area contributed by atoms with Gasteiger partial charge in [-0.25, -0.2) is 9.59 Å². The quantitative estimate of drug-likeness (QED) is 0.588. The summed E-state index contributed by atoms with van der Waals surface area (Å²) in [4.78, 5) is 23.6. The molecule has 6 heteroatoms. The lowest BCUT2D eigenvalue weighted by atomic mass is 10.2. The van der Waals surface area contributed by atoms with Crippen LogP contribution in [0.3, 0.4) is 0 Å². The molecule has 2 aromatic carbocycles. The van der Waals surface area contributed by atoms with E-state index >= 15 is 0 Å². The van der Waals surface area contributed by atoms with Crippen LogP contribution < -0.4 is 9.47 Å². The highest BCUT2D eigenvalue weighted by molar-refractivity contribution is 9.10. The van der Waals surface area contributed by atoms with Crippen molar-refractivity contribution >= 4 is 27.9 Å². The molecule has 0 saturated carbocycles. The van der Waals surface area contributed by atoms with Gasteiger partial charge < -0.3 is 14.6 Å². The number of carbonyl (C=O) groups is 2. The third-order valence-corrected chi connectivity index (χ3v) is 3.78. The molecule has 1 unspecified atom stereocenters. The van der Waals surface area contributed by atoms with Crippen LogP contribution >= 0.6 is 15.9 Å². The molecule has 0 heterocycles. The van der Waals surface area contributed by atoms with Gasteiger partial charge in [-0.3, -0.25) is 0 Å². The molecule has 0 spiro atoms. The van der Waals surface area contributed by atoms with Gasteiger partial charge in [0.25, 0.3) is 0 Å². The number of carbonyl (C=O) groups excluding carboxylic acids is 1. The van der Waals surface area contributed by atoms with E-state index in [4.69, 9.17) is 9.47 Å². The average Bonchev–Trinajstić information content (AvgIpc) is 2.54. The Labute approximate surface area is 148 Å². The number of rotatable bonds is 6. The molecule has 0 bridgehead atoms. The van der Waals surface area contributed by atoms with Crippen LogP contribution in [-0.4, -0.2) is 23.1 Å². The van der Waals surface area contributed by atoms with Gasteiger partial charge in [0.2, 0.25) is 0 Å². The topological polar surface area (TPSA) is 72.8 Å². The first-order chi connectivity index (χ1) is 11.4. The van der Waals surface area contributed by atoms with Gasteiger partial charge in [0.15, 0.2) is 6.10 Å². The van der Waals surface area contributed by atoms with Crippen molar-refractivity contribution in [1.29, 1.82) is 0 Å². The number of aryl methyl sites for hydroxylation is 1. The summed E-state index contributed by atoms with van der Waals surface area (Å²) in [6.45, 7) is 3.72. The zero-order valence-corrected chi connectivity index (χ0v) is 14.9. The van der Waals surface area contributed by atoms with Crippen LogP contribution in [-0.2, 0) is 4.79 Å². The van der Waals surface area contributed by atoms with Gasteiger partial charge in [0.05, 0.1) is 0 Å². The molecule has 0 aliphatic rings. The van der Waals surface area contributed by atoms with E-state index in [0.29, 0.717) is 16.6 Å². The number of carboxylic acid groups (broad SMARTS) is 1. The number of ether oxygens (including phenoxy) is 2. The Morgan fingerprint density at radius 1 is 1.21 bits per heavy atom. The maximum absolute atomic E-state index is 12.3. The predicted molar refractivity (Wildman–Crippen MR) is 92.6 cm³/mol. The lowest BCUT2D eigenvalue weighted by molar-refractivity contribution is -0.142. The molecule has 126 valence electrons. The standard InChI is InChI=1S/C18H17BrO5/c1-3-15(23-13-6-4-5-11(2)9-13)18(22)24-16-8-7-12(19)10-14(16)17(20)21/h4-10,15H,3H2,1-2H3,(H,20,21). The van der Waals surface area contributed by atoms with E-state index in [1.807, 2.05) is 25.1 Å². The highest BCUT2D eigenvalue weighted by Crippen LogP contribution is 2.24. The average molecular weight is 393 g/mol. The molecular weight excluding hydrogens is 376 g/mol. The normalized spacial score (nSPS) is 11.6. The lowest BCUT2D eigenvalue weighted by Gasteiger charge is -2.17. The number of hydrogen-bond acceptors (Lipinski definition) is 4. The number of halogens is 1. The van der Waals surface area contributed by atoms with E-state index < -0.39 is 18.0 Å². The van der Waals surface area contributed by atoms with Crippen molar-refractivity contribution < 1.29 is 24.2 Å². The van der Waals surface area contributed by atoms with Gasteiger partial charge in [-0.2, -0.15) is 0 Å². The van der Waals surface area contributed by atoms with Crippen LogP contribution in [0.25, 0.3) is 0 Å². The van der Waals surface area contributed by atoms with Gasteiger partial charge in [0.1, 0.15) is 17.1 Å². The summed E-state index contributed by atoms with van der Waals surface area (Å²) in [5, 5.41) is 9.22. The van der Waals surface area contributed by atoms with Crippen LogP contribution in [0.1, 0.15) is 29.3 Å². The molecule has 1 N–H and O–H groups in total. The Hall–Kier alpha value is -2.34. The van der Waals surface area contributed by atoms with Gasteiger partial charge in [-0.05, 0) is 49.2 Å². The molecule has 2 rings (SSSR count). The van der Waals surface area contributed by atoms with E-state index in [0.717, 1.165) is 5.56 Å². The Bertz CT molecular complexity index is 757. The Morgan fingerprint density at radius 2 is 1.96 bits per heavy atom. The molecule has 1 atom stereocenters. The Morgan fingerprint density at radius 3 is 2.58 bits per heavy atom. The minimum atomic E-state index is -1.17. The minimum absolute atomic E-state index is 0.0120. The fourth-order valence-electron chi connectivity index (χ4n) is 2.08. The first-order valence-corrected chi connectivity index (χ1v) is 8.18. The SMILES string of the molecule is CCC(Oc1cccc(C)c1)C(=O)Oc1ccc(Br)cc1C(=O)O. The third-order valence-electron chi connectivity index (χ3n) is 3.28. The molecule has 0 amide bonds. The summed E-state index contributed by atoms with van der Waals surface area (Å²) in [5.74, 6) is -1.26. The van der Waals surface area contributed by atoms with E-state index in [-0.39, 0.29) is 11.3 Å². The zero-order chi connectivity index (χ0) is 17.7. The fourth-order valence-corrected chi connectivity index (χ4v) is 2.44. The molecular formula is C18H17BrO5. The van der Waals surface area contributed by atoms with Crippen molar-refractivity contribution in [1.82, 2.24) is 0 Å². The van der Waals surface area contributed by atoms with E-state index in [1.165, 1.54) is 12.1 Å². The van der Waals surface area contributed by atoms with Crippen molar-refractivity contribution in [2.75, 3.05) is 0 Å². The molecule has 2 aromatic rings. The first-order valence-electron chi connectivity index (χ1n) is 7.38. The molecule has 0 fully saturated rings. The summed E-state index contributed by atoms with van der Waals surface area (Å²) in [6.07, 6.45) is -0.428. The second-order valence-corrected chi connectivity index (χ2v) is 6.11. The number of benzene rings is 2. The van der Waals surface area contributed by atoms with E-state index in [1.54, 1.807) is 19.1 Å². The van der Waals surface area contributed by atoms with E-state index in [2.05, 4.69) is 15.9 Å². The number of carboxylic acids is 1. The summed E-state index contributed by atoms with van der Waals surface area (Å²) in [6, 6.07) is 11.8. The van der Waals surface area contributed by atoms with Crippen LogP contribution in [0, 0.1) is 6.92 Å². The van der Waals surface area contributed by atoms with Crippen molar-refractivity contribution in [2.24, 2.45) is 0 Å². The fraction of sp³-hybridized carbons (Fsp3) is 0.222. The van der Waals surface area contributed by atoms with Gasteiger partial charge in [-0.1, -0.05) is 35.0 Å². The maximum atomic E-state index is 12.3. The van der Waals surface area contributed by atoms with E-state index in [9.17, 15) is 14.7 Å². The molecule has 24 heavy (non-hydrogen) atoms. The van der Waals surface area contributed by atoms with Crippen LogP contribution in [0.15, 0.2) is 46.9 Å². The summed E-state index contributed by atoms with van der Waals surface area (Å²) < 4.78 is 11.5. The summed E-state index contributed by atoms with van der Waals surface area (Å²) >= 11 is 3.20. The smallest absolute Gasteiger partial charge is 0.352 e. The largest absolute Gasteiger partial charge is 0.479 e. The monoisotopic (exact) mass is 392 g/mol. The molecule has 0 saturated heterocycles. The van der Waals surface area contributed by atoms with Crippen molar-refractivity contribution in [2.45, 2.75) is 26.4 Å². The number of hydrogen-bond donors (Lipinski definition) is 1. The summed E-state index contributed by atoms with van der Waals surface area (Å²) in [5.41, 5.74) is 0.917. The third kappa shape index (κ3) is 4.58. The van der Waals surface area contributed by atoms with Gasteiger partial charge in [-0.15, -0.1) is 0 Å². The Balaban J connectivity index is 2.16. The van der Waals surface area contributed by atoms with Crippen LogP contribution in [0.4, 0.5) is 0 Å². The van der Waals surface area contributed by atoms with Gasteiger partial charge >= 0.3 is 11.9 Å². The first kappa shape index (κ1) is 18.0. The molecule has 5 nitrogen and oxygen atoms in total. The minimum Gasteiger partial charge on any atom is -0.479 e. The second kappa shape index (κ2) is 7.97. The lowest BCUT2D eigenvalue weighted by Crippen LogP contribution is -2.31. The number of aromatic carboxylic acids is 1. The molecule has 0 aromatic heterocycles. The van der Waals surface area contributed by atoms with Crippen molar-refractivity contribution in [3.8, 4) is 11.5 Å². The molecule has 0 aliphatic carbocycles. The molecule has 0 aliphatic heterocycles. The predicted octanol–water partition coefficient (Wildman–Crippen LogP) is 4.22. The number of esters is 1. The highest BCUT2D eigenvalue weighted by Gasteiger charge is 2.23. The van der Waals surface area contributed by atoms with Crippen molar-refractivity contribution in [3.63, 3.8) is 0 Å². The van der Waals surface area contributed by atoms with Gasteiger partial charge in [0, 0.05) is 4.47 Å². The summed E-state index contributed by atoms with van der Waals surface area (Å²) in [7, 11) is 0. The second-order valence-electron chi connectivity index (χ2n) is 5.20.